The van der Waals surface area contributed by atoms with Gasteiger partial charge in [-0.15, -0.1) is 11.3 Å². The minimum atomic E-state index is -0.846. The Morgan fingerprint density at radius 1 is 1.28 bits per heavy atom. The first-order chi connectivity index (χ1) is 8.49. The van der Waals surface area contributed by atoms with E-state index in [-0.39, 0.29) is 4.83 Å². The summed E-state index contributed by atoms with van der Waals surface area (Å²) in [5.41, 5.74) is 1.09. The van der Waals surface area contributed by atoms with Crippen molar-refractivity contribution in [1.82, 2.24) is 0 Å². The van der Waals surface area contributed by atoms with Crippen LogP contribution in [0.4, 0.5) is 8.78 Å². The van der Waals surface area contributed by atoms with E-state index in [2.05, 4.69) is 15.9 Å². The van der Waals surface area contributed by atoms with E-state index in [0.717, 1.165) is 11.6 Å². The van der Waals surface area contributed by atoms with Crippen LogP contribution in [0.3, 0.4) is 0 Å². The van der Waals surface area contributed by atoms with Gasteiger partial charge in [-0.2, -0.15) is 0 Å². The van der Waals surface area contributed by atoms with E-state index < -0.39 is 11.6 Å². The van der Waals surface area contributed by atoms with Gasteiger partial charge < -0.3 is 0 Å². The zero-order chi connectivity index (χ0) is 13.3. The van der Waals surface area contributed by atoms with Crippen molar-refractivity contribution >= 4 is 50.5 Å². The Kier molecular flexibility index (Phi) is 4.64. The molecule has 1 aromatic heterocycles. The van der Waals surface area contributed by atoms with Gasteiger partial charge in [0.15, 0.2) is 11.6 Å². The minimum absolute atomic E-state index is 0.204. The fourth-order valence-electron chi connectivity index (χ4n) is 1.58. The summed E-state index contributed by atoms with van der Waals surface area (Å²) in [5.74, 6) is -1.67. The summed E-state index contributed by atoms with van der Waals surface area (Å²) in [7, 11) is 0. The van der Waals surface area contributed by atoms with Crippen LogP contribution in [0.2, 0.25) is 8.67 Å². The molecule has 96 valence electrons. The van der Waals surface area contributed by atoms with Gasteiger partial charge >= 0.3 is 0 Å². The molecule has 2 rings (SSSR count). The van der Waals surface area contributed by atoms with Gasteiger partial charge in [-0.05, 0) is 29.7 Å². The molecule has 2 aromatic rings. The van der Waals surface area contributed by atoms with Gasteiger partial charge in [0.1, 0.15) is 0 Å². The van der Waals surface area contributed by atoms with E-state index in [1.54, 1.807) is 12.1 Å². The number of hydrogen-bond acceptors (Lipinski definition) is 1. The lowest BCUT2D eigenvalue weighted by Gasteiger charge is -2.10. The van der Waals surface area contributed by atoms with Gasteiger partial charge in [0, 0.05) is 4.83 Å². The highest BCUT2D eigenvalue weighted by Gasteiger charge is 2.18. The summed E-state index contributed by atoms with van der Waals surface area (Å²) in [4.78, 5) is -0.204. The molecule has 1 aromatic carbocycles. The topological polar surface area (TPSA) is 0 Å². The molecule has 0 amide bonds. The largest absolute Gasteiger partial charge is 0.204 e. The molecule has 0 aliphatic carbocycles. The van der Waals surface area contributed by atoms with Crippen LogP contribution in [0, 0.1) is 11.6 Å². The number of halogens is 5. The molecule has 0 radical (unpaired) electrons. The second-order valence-electron chi connectivity index (χ2n) is 3.66. The van der Waals surface area contributed by atoms with E-state index in [4.69, 9.17) is 23.2 Å². The average molecular weight is 372 g/mol. The van der Waals surface area contributed by atoms with Crippen LogP contribution < -0.4 is 0 Å². The van der Waals surface area contributed by atoms with Gasteiger partial charge in [-0.25, -0.2) is 8.78 Å². The zero-order valence-electron chi connectivity index (χ0n) is 8.89. The molecule has 0 saturated carbocycles. The first-order valence-electron chi connectivity index (χ1n) is 5.00. The predicted molar refractivity (Wildman–Crippen MR) is 76.1 cm³/mol. The summed E-state index contributed by atoms with van der Waals surface area (Å²) in [6.07, 6.45) is 0.302. The molecule has 1 heterocycles. The zero-order valence-corrected chi connectivity index (χ0v) is 12.8. The molecule has 0 aliphatic rings. The summed E-state index contributed by atoms with van der Waals surface area (Å²) >= 11 is 16.5. The Morgan fingerprint density at radius 2 is 2.00 bits per heavy atom. The van der Waals surface area contributed by atoms with Crippen molar-refractivity contribution in [1.29, 1.82) is 0 Å². The van der Waals surface area contributed by atoms with Crippen molar-refractivity contribution in [2.45, 2.75) is 11.2 Å². The van der Waals surface area contributed by atoms with Crippen LogP contribution in [0.15, 0.2) is 24.3 Å². The molecule has 0 saturated heterocycles. The molecule has 0 spiro atoms. The SMILES string of the molecule is Fc1cccc(CC(Br)c2cc(Cl)sc2Cl)c1F. The van der Waals surface area contributed by atoms with Crippen molar-refractivity contribution < 1.29 is 8.78 Å². The van der Waals surface area contributed by atoms with E-state index in [0.29, 0.717) is 20.7 Å². The van der Waals surface area contributed by atoms with Crippen LogP contribution in [0.1, 0.15) is 16.0 Å². The average Bonchev–Trinajstić information content (AvgIpc) is 2.64. The third-order valence-electron chi connectivity index (χ3n) is 2.45. The molecular formula is C12H7BrCl2F2S. The number of alkyl halides is 1. The van der Waals surface area contributed by atoms with Gasteiger partial charge in [-0.3, -0.25) is 0 Å². The molecule has 18 heavy (non-hydrogen) atoms. The third-order valence-corrected chi connectivity index (χ3v) is 4.79. The highest BCUT2D eigenvalue weighted by atomic mass is 79.9. The Hall–Kier alpha value is -0.160. The maximum Gasteiger partial charge on any atom is 0.162 e. The Bertz CT molecular complexity index is 571. The molecule has 0 N–H and O–H groups in total. The van der Waals surface area contributed by atoms with Gasteiger partial charge in [0.05, 0.1) is 8.67 Å². The smallest absolute Gasteiger partial charge is 0.162 e. The Labute approximate surface area is 126 Å². The molecule has 6 heteroatoms. The second-order valence-corrected chi connectivity index (χ2v) is 7.06. The molecule has 1 unspecified atom stereocenters. The van der Waals surface area contributed by atoms with Gasteiger partial charge in [-0.1, -0.05) is 51.3 Å². The molecule has 0 bridgehead atoms. The monoisotopic (exact) mass is 370 g/mol. The molecule has 0 fully saturated rings. The minimum Gasteiger partial charge on any atom is -0.204 e. The maximum atomic E-state index is 13.5. The first-order valence-corrected chi connectivity index (χ1v) is 7.49. The number of thiophene rings is 1. The lowest BCUT2D eigenvalue weighted by atomic mass is 10.1. The predicted octanol–water partition coefficient (Wildman–Crippen LogP) is 6.01. The molecule has 0 nitrogen and oxygen atoms in total. The van der Waals surface area contributed by atoms with Crippen LogP contribution >= 0.6 is 50.5 Å². The number of rotatable bonds is 3. The van der Waals surface area contributed by atoms with Crippen LogP contribution in [-0.2, 0) is 6.42 Å². The highest BCUT2D eigenvalue weighted by molar-refractivity contribution is 9.09. The lowest BCUT2D eigenvalue weighted by Crippen LogP contribution is -1.99. The van der Waals surface area contributed by atoms with E-state index in [1.807, 2.05) is 0 Å². The highest BCUT2D eigenvalue weighted by Crippen LogP contribution is 2.40. The van der Waals surface area contributed by atoms with Crippen LogP contribution in [-0.4, -0.2) is 0 Å². The normalized spacial score (nSPS) is 12.7. The lowest BCUT2D eigenvalue weighted by molar-refractivity contribution is 0.498. The fourth-order valence-corrected chi connectivity index (χ4v) is 4.15. The second kappa shape index (κ2) is 5.87. The van der Waals surface area contributed by atoms with Crippen LogP contribution in [0.25, 0.3) is 0 Å². The molecule has 0 aliphatic heterocycles. The van der Waals surface area contributed by atoms with Gasteiger partial charge in [0.2, 0.25) is 0 Å². The Morgan fingerprint density at radius 3 is 2.61 bits per heavy atom. The standard InChI is InChI=1S/C12H7BrCl2F2S/c13-8(7-5-10(14)18-12(7)15)4-6-2-1-3-9(16)11(6)17/h1-3,5,8H,4H2. The number of hydrogen-bond donors (Lipinski definition) is 0. The molecular weight excluding hydrogens is 365 g/mol. The summed E-state index contributed by atoms with van der Waals surface area (Å²) in [5, 5.41) is 0. The number of benzene rings is 1. The fraction of sp³-hybridized carbons (Fsp3) is 0.167. The quantitative estimate of drug-likeness (QED) is 0.579. The molecule has 1 atom stereocenters. The Balaban J connectivity index is 2.24. The van der Waals surface area contributed by atoms with Crippen molar-refractivity contribution in [2.75, 3.05) is 0 Å². The van der Waals surface area contributed by atoms with Crippen molar-refractivity contribution in [3.63, 3.8) is 0 Å². The van der Waals surface area contributed by atoms with Crippen LogP contribution in [0.5, 0.6) is 0 Å². The van der Waals surface area contributed by atoms with Crippen molar-refractivity contribution in [3.8, 4) is 0 Å². The summed E-state index contributed by atoms with van der Waals surface area (Å²) in [6, 6.07) is 5.85. The summed E-state index contributed by atoms with van der Waals surface area (Å²) < 4.78 is 27.7. The van der Waals surface area contributed by atoms with E-state index >= 15 is 0 Å². The van der Waals surface area contributed by atoms with E-state index in [1.165, 1.54) is 17.4 Å². The first kappa shape index (κ1) is 14.3. The maximum absolute atomic E-state index is 13.5. The van der Waals surface area contributed by atoms with Crippen molar-refractivity contribution in [3.05, 3.63) is 55.7 Å². The third kappa shape index (κ3) is 3.05. The van der Waals surface area contributed by atoms with E-state index in [9.17, 15) is 8.78 Å². The summed E-state index contributed by atoms with van der Waals surface area (Å²) in [6.45, 7) is 0. The van der Waals surface area contributed by atoms with Gasteiger partial charge in [0.25, 0.3) is 0 Å². The van der Waals surface area contributed by atoms with Crippen molar-refractivity contribution in [2.24, 2.45) is 0 Å².